The van der Waals surface area contributed by atoms with E-state index in [9.17, 15) is 0 Å². The van der Waals surface area contributed by atoms with Gasteiger partial charge >= 0.3 is 0 Å². The summed E-state index contributed by atoms with van der Waals surface area (Å²) in [5, 5.41) is 0. The average Bonchev–Trinajstić information content (AvgIpc) is 1.80. The predicted octanol–water partition coefficient (Wildman–Crippen LogP) is 2.40. The van der Waals surface area contributed by atoms with Crippen molar-refractivity contribution >= 4 is 15.9 Å². The molecule has 1 nitrogen and oxygen atoms in total. The summed E-state index contributed by atoms with van der Waals surface area (Å²) < 4.78 is 6.16. The highest BCUT2D eigenvalue weighted by atomic mass is 79.9. The average molecular weight is 191 g/mol. The molecule has 0 saturated carbocycles. The first kappa shape index (κ1) is 9.18. The highest BCUT2D eigenvalue weighted by molar-refractivity contribution is 9.11. The van der Waals surface area contributed by atoms with Crippen molar-refractivity contribution in [2.75, 3.05) is 13.2 Å². The van der Waals surface area contributed by atoms with Crippen LogP contribution >= 0.6 is 15.9 Å². The van der Waals surface area contributed by atoms with Gasteiger partial charge in [-0.25, -0.2) is 0 Å². The van der Waals surface area contributed by atoms with Crippen molar-refractivity contribution < 1.29 is 4.74 Å². The Bertz CT molecular complexity index is 84.9. The van der Waals surface area contributed by atoms with Gasteiger partial charge in [-0.15, -0.1) is 0 Å². The van der Waals surface area contributed by atoms with E-state index in [4.69, 9.17) is 11.7 Å². The smallest absolute Gasteiger partial charge is 0.0658 e. The lowest BCUT2D eigenvalue weighted by Crippen LogP contribution is -1.91. The maximum absolute atomic E-state index is 5.19. The van der Waals surface area contributed by atoms with E-state index in [0.717, 1.165) is 4.48 Å². The first-order valence-corrected chi connectivity index (χ1v) is 3.66. The van der Waals surface area contributed by atoms with Crippen LogP contribution in [0.2, 0.25) is 0 Å². The van der Waals surface area contributed by atoms with Gasteiger partial charge in [0.15, 0.2) is 0 Å². The molecule has 0 spiro atoms. The van der Waals surface area contributed by atoms with Gasteiger partial charge in [0, 0.05) is 6.61 Å². The van der Waals surface area contributed by atoms with E-state index in [1.54, 1.807) is 0 Å². The lowest BCUT2D eigenvalue weighted by Gasteiger charge is -1.95. The Labute approximate surface area is 65.2 Å². The molecule has 0 aromatic carbocycles. The quantitative estimate of drug-likeness (QED) is 0.620. The molecule has 0 unspecified atom stereocenters. The molecule has 0 rings (SSSR count). The lowest BCUT2D eigenvalue weighted by molar-refractivity contribution is 0.167. The molecule has 0 aromatic heterocycles. The fourth-order valence-corrected chi connectivity index (χ4v) is 0.473. The van der Waals surface area contributed by atoms with Crippen LogP contribution in [0.15, 0.2) is 10.6 Å². The summed E-state index contributed by atoms with van der Waals surface area (Å²) in [6, 6.07) is 0. The summed E-state index contributed by atoms with van der Waals surface area (Å²) in [7, 11) is 0. The van der Waals surface area contributed by atoms with Crippen molar-refractivity contribution in [3.8, 4) is 0 Å². The molecule has 0 aromatic rings. The van der Waals surface area contributed by atoms with E-state index < -0.39 is 0 Å². The molecule has 0 aliphatic rings. The van der Waals surface area contributed by atoms with Crippen LogP contribution in [0.3, 0.4) is 0 Å². The van der Waals surface area contributed by atoms with Gasteiger partial charge in [-0.05, 0) is 30.8 Å². The van der Waals surface area contributed by atoms with Gasteiger partial charge in [-0.3, -0.25) is 0 Å². The minimum atomic E-state index is 0.592. The van der Waals surface area contributed by atoms with E-state index in [0.29, 0.717) is 19.6 Å². The summed E-state index contributed by atoms with van der Waals surface area (Å²) in [6.45, 7) is 8.43. The number of rotatable bonds is 4. The van der Waals surface area contributed by atoms with Crippen molar-refractivity contribution in [1.82, 2.24) is 0 Å². The minimum absolute atomic E-state index is 0.592. The maximum Gasteiger partial charge on any atom is 0.0658 e. The largest absolute Gasteiger partial charge is 0.377 e. The summed E-state index contributed by atoms with van der Waals surface area (Å²) in [5.74, 6) is 0. The van der Waals surface area contributed by atoms with E-state index in [1.807, 2.05) is 13.0 Å². The molecule has 0 N–H and O–H groups in total. The topological polar surface area (TPSA) is 9.23 Å². The number of ether oxygens (including phenoxy) is 1. The van der Waals surface area contributed by atoms with Gasteiger partial charge in [0.05, 0.1) is 6.61 Å². The van der Waals surface area contributed by atoms with Crippen LogP contribution in [0.4, 0.5) is 0 Å². The standard InChI is InChI=1S/C7H11BrO/c1-3-5-9-6-4-7(2)8/h1,4H,3,5-6H2,2H3/b7-4+. The molecule has 0 fully saturated rings. The Morgan fingerprint density at radius 1 is 1.78 bits per heavy atom. The van der Waals surface area contributed by atoms with Crippen LogP contribution in [0.1, 0.15) is 13.3 Å². The zero-order valence-electron chi connectivity index (χ0n) is 5.56. The normalized spacial score (nSPS) is 12.1. The Morgan fingerprint density at radius 2 is 2.44 bits per heavy atom. The van der Waals surface area contributed by atoms with Crippen molar-refractivity contribution in [3.63, 3.8) is 0 Å². The van der Waals surface area contributed by atoms with Crippen LogP contribution in [-0.2, 0) is 4.74 Å². The van der Waals surface area contributed by atoms with Crippen molar-refractivity contribution in [3.05, 3.63) is 17.5 Å². The Morgan fingerprint density at radius 3 is 2.89 bits per heavy atom. The maximum atomic E-state index is 5.19. The van der Waals surface area contributed by atoms with Gasteiger partial charge in [0.2, 0.25) is 0 Å². The summed E-state index contributed by atoms with van der Waals surface area (Å²) in [6.07, 6.45) is 2.55. The Kier molecular flexibility index (Phi) is 6.43. The van der Waals surface area contributed by atoms with Crippen molar-refractivity contribution in [2.45, 2.75) is 13.3 Å². The van der Waals surface area contributed by atoms with Crippen molar-refractivity contribution in [1.29, 1.82) is 0 Å². The molecule has 52 valence electrons. The summed E-state index contributed by atoms with van der Waals surface area (Å²) in [5.41, 5.74) is 0. The second-order valence-corrected chi connectivity index (χ2v) is 2.91. The third kappa shape index (κ3) is 8.18. The number of hydrogen-bond acceptors (Lipinski definition) is 1. The fourth-order valence-electron chi connectivity index (χ4n) is 0.340. The van der Waals surface area contributed by atoms with Crippen LogP contribution in [0.5, 0.6) is 0 Å². The van der Waals surface area contributed by atoms with E-state index in [2.05, 4.69) is 15.9 Å². The first-order valence-electron chi connectivity index (χ1n) is 2.87. The summed E-state index contributed by atoms with van der Waals surface area (Å²) in [4.78, 5) is 0. The Hall–Kier alpha value is 0.180. The van der Waals surface area contributed by atoms with Crippen LogP contribution in [0.25, 0.3) is 0 Å². The molecule has 0 aliphatic heterocycles. The summed E-state index contributed by atoms with van der Waals surface area (Å²) >= 11 is 3.28. The molecular weight excluding hydrogens is 180 g/mol. The number of hydrogen-bond donors (Lipinski definition) is 0. The molecule has 0 aliphatic carbocycles. The van der Waals surface area contributed by atoms with Gasteiger partial charge in [-0.1, -0.05) is 15.9 Å². The van der Waals surface area contributed by atoms with Gasteiger partial charge in [0.1, 0.15) is 0 Å². The second kappa shape index (κ2) is 6.30. The van der Waals surface area contributed by atoms with Crippen molar-refractivity contribution in [2.24, 2.45) is 0 Å². The molecule has 2 heteroatoms. The highest BCUT2D eigenvalue weighted by Crippen LogP contribution is 2.00. The monoisotopic (exact) mass is 190 g/mol. The molecular formula is C7H11BrO. The molecule has 0 amide bonds. The fraction of sp³-hybridized carbons (Fsp3) is 0.571. The molecule has 0 atom stereocenters. The number of halogens is 1. The third-order valence-electron chi connectivity index (χ3n) is 0.745. The highest BCUT2D eigenvalue weighted by Gasteiger charge is 1.81. The van der Waals surface area contributed by atoms with E-state index in [1.165, 1.54) is 0 Å². The van der Waals surface area contributed by atoms with Crippen LogP contribution in [0, 0.1) is 6.92 Å². The zero-order chi connectivity index (χ0) is 7.11. The van der Waals surface area contributed by atoms with Gasteiger partial charge < -0.3 is 4.74 Å². The molecule has 0 heterocycles. The van der Waals surface area contributed by atoms with Gasteiger partial charge in [0.25, 0.3) is 0 Å². The number of allylic oxidation sites excluding steroid dienone is 1. The van der Waals surface area contributed by atoms with Crippen LogP contribution < -0.4 is 0 Å². The predicted molar refractivity (Wildman–Crippen MR) is 42.4 cm³/mol. The molecule has 0 bridgehead atoms. The molecule has 9 heavy (non-hydrogen) atoms. The van der Waals surface area contributed by atoms with E-state index in [-0.39, 0.29) is 0 Å². The first-order chi connectivity index (χ1) is 4.27. The second-order valence-electron chi connectivity index (χ2n) is 1.65. The lowest BCUT2D eigenvalue weighted by atomic mass is 10.5. The van der Waals surface area contributed by atoms with Gasteiger partial charge in [-0.2, -0.15) is 0 Å². The minimum Gasteiger partial charge on any atom is -0.377 e. The zero-order valence-corrected chi connectivity index (χ0v) is 7.15. The van der Waals surface area contributed by atoms with Crippen LogP contribution in [-0.4, -0.2) is 13.2 Å². The SMILES string of the molecule is [CH]CCOC/C=C(\C)Br. The van der Waals surface area contributed by atoms with E-state index >= 15 is 0 Å². The Balaban J connectivity index is 3.00. The molecule has 0 saturated heterocycles. The molecule has 2 radical (unpaired) electrons. The third-order valence-corrected chi connectivity index (χ3v) is 1.07.